The average Bonchev–Trinajstić information content (AvgIpc) is 3.06. The highest BCUT2D eigenvalue weighted by Crippen LogP contribution is 2.36. The molecule has 1 aliphatic heterocycles. The highest BCUT2D eigenvalue weighted by molar-refractivity contribution is 5.73. The molecular weight excluding hydrogens is 316 g/mol. The Hall–Kier alpha value is -2.28. The molecule has 1 amide bonds. The molecule has 25 heavy (non-hydrogen) atoms. The highest BCUT2D eigenvalue weighted by atomic mass is 16.1. The Bertz CT molecular complexity index is 808. The lowest BCUT2D eigenvalue weighted by molar-refractivity contribution is -0.120. The number of rotatable bonds is 4. The summed E-state index contributed by atoms with van der Waals surface area (Å²) in [5, 5.41) is 11.8. The quantitative estimate of drug-likeness (QED) is 0.911. The van der Waals surface area contributed by atoms with Crippen molar-refractivity contribution in [1.82, 2.24) is 30.0 Å². The Labute approximate surface area is 147 Å². The van der Waals surface area contributed by atoms with Crippen LogP contribution in [0.1, 0.15) is 54.2 Å². The molecule has 1 aliphatic carbocycles. The Morgan fingerprint density at radius 1 is 1.28 bits per heavy atom. The molecule has 0 atom stereocenters. The van der Waals surface area contributed by atoms with Gasteiger partial charge in [0.15, 0.2) is 0 Å². The Kier molecular flexibility index (Phi) is 4.03. The van der Waals surface area contributed by atoms with Gasteiger partial charge in [0.1, 0.15) is 11.6 Å². The van der Waals surface area contributed by atoms with Crippen LogP contribution in [0, 0.1) is 6.92 Å². The third kappa shape index (κ3) is 3.16. The lowest BCUT2D eigenvalue weighted by atomic mass is 9.79. The van der Waals surface area contributed by atoms with E-state index in [0.717, 1.165) is 49.8 Å². The van der Waals surface area contributed by atoms with Gasteiger partial charge in [0.2, 0.25) is 5.91 Å². The number of carbonyl (C=O) groups excluding carboxylic acids is 1. The summed E-state index contributed by atoms with van der Waals surface area (Å²) in [5.41, 5.74) is 3.75. The van der Waals surface area contributed by atoms with Gasteiger partial charge in [-0.05, 0) is 37.0 Å². The second kappa shape index (κ2) is 6.22. The van der Waals surface area contributed by atoms with Crippen molar-refractivity contribution in [2.75, 3.05) is 0 Å². The van der Waals surface area contributed by atoms with Gasteiger partial charge in [-0.15, -0.1) is 10.2 Å². The molecule has 132 valence electrons. The van der Waals surface area contributed by atoms with Crippen LogP contribution in [0.2, 0.25) is 0 Å². The molecule has 3 heterocycles. The predicted molar refractivity (Wildman–Crippen MR) is 92.5 cm³/mol. The van der Waals surface area contributed by atoms with E-state index in [1.807, 2.05) is 20.2 Å². The maximum atomic E-state index is 11.1. The van der Waals surface area contributed by atoms with Gasteiger partial charge < -0.3 is 9.88 Å². The van der Waals surface area contributed by atoms with Crippen molar-refractivity contribution in [2.24, 2.45) is 7.05 Å². The van der Waals surface area contributed by atoms with E-state index in [2.05, 4.69) is 36.0 Å². The summed E-state index contributed by atoms with van der Waals surface area (Å²) < 4.78 is 2.13. The largest absolute Gasteiger partial charge is 0.354 e. The second-order valence-corrected chi connectivity index (χ2v) is 7.34. The Morgan fingerprint density at radius 3 is 2.80 bits per heavy atom. The number of aromatic nitrogens is 4. The van der Waals surface area contributed by atoms with Gasteiger partial charge in [-0.3, -0.25) is 14.7 Å². The molecule has 2 aliphatic rings. The lowest BCUT2D eigenvalue weighted by Gasteiger charge is -2.34. The Morgan fingerprint density at radius 2 is 2.04 bits per heavy atom. The van der Waals surface area contributed by atoms with E-state index in [9.17, 15) is 4.79 Å². The number of nitrogens with one attached hydrogen (secondary N) is 1. The van der Waals surface area contributed by atoms with Crippen molar-refractivity contribution >= 4 is 5.91 Å². The monoisotopic (exact) mass is 340 g/mol. The minimum absolute atomic E-state index is 0.0421. The van der Waals surface area contributed by atoms with Gasteiger partial charge in [-0.25, -0.2) is 0 Å². The fourth-order valence-electron chi connectivity index (χ4n) is 3.89. The summed E-state index contributed by atoms with van der Waals surface area (Å²) in [6.45, 7) is 6.25. The van der Waals surface area contributed by atoms with Crippen molar-refractivity contribution in [1.29, 1.82) is 0 Å². The third-order valence-electron chi connectivity index (χ3n) is 5.28. The number of aryl methyl sites for hydroxylation is 1. The molecule has 0 saturated heterocycles. The molecule has 0 bridgehead atoms. The molecule has 2 aromatic rings. The fourth-order valence-corrected chi connectivity index (χ4v) is 3.89. The molecule has 1 saturated carbocycles. The molecule has 7 heteroatoms. The van der Waals surface area contributed by atoms with E-state index in [1.165, 1.54) is 11.1 Å². The molecule has 0 radical (unpaired) electrons. The first-order valence-corrected chi connectivity index (χ1v) is 8.81. The normalized spacial score (nSPS) is 22.5. The molecular formula is C18H24N6O. The zero-order chi connectivity index (χ0) is 17.6. The summed E-state index contributed by atoms with van der Waals surface area (Å²) in [7, 11) is 2.05. The highest BCUT2D eigenvalue weighted by Gasteiger charge is 2.34. The van der Waals surface area contributed by atoms with Crippen molar-refractivity contribution in [3.8, 4) is 0 Å². The molecule has 7 nitrogen and oxygen atoms in total. The molecule has 2 aromatic heterocycles. The van der Waals surface area contributed by atoms with Gasteiger partial charge in [0, 0.05) is 50.9 Å². The molecule has 0 spiro atoms. The number of amides is 1. The van der Waals surface area contributed by atoms with Crippen LogP contribution in [0.15, 0.2) is 12.3 Å². The first-order chi connectivity index (χ1) is 12.0. The van der Waals surface area contributed by atoms with E-state index in [4.69, 9.17) is 0 Å². The number of fused-ring (bicyclic) bond motifs is 1. The first kappa shape index (κ1) is 16.2. The van der Waals surface area contributed by atoms with E-state index >= 15 is 0 Å². The summed E-state index contributed by atoms with van der Waals surface area (Å²) >= 11 is 0. The number of pyridine rings is 1. The number of hydrogen-bond donors (Lipinski definition) is 1. The van der Waals surface area contributed by atoms with Gasteiger partial charge in [-0.1, -0.05) is 0 Å². The first-order valence-electron chi connectivity index (χ1n) is 8.81. The fraction of sp³-hybridized carbons (Fsp3) is 0.556. The maximum absolute atomic E-state index is 11.1. The van der Waals surface area contributed by atoms with Crippen LogP contribution in [0.4, 0.5) is 0 Å². The van der Waals surface area contributed by atoms with Crippen LogP contribution in [-0.4, -0.2) is 36.6 Å². The summed E-state index contributed by atoms with van der Waals surface area (Å²) in [6, 6.07) is 2.46. The number of nitrogens with zero attached hydrogens (tertiary/aromatic N) is 5. The van der Waals surface area contributed by atoms with Gasteiger partial charge in [-0.2, -0.15) is 0 Å². The zero-order valence-corrected chi connectivity index (χ0v) is 15.0. The summed E-state index contributed by atoms with van der Waals surface area (Å²) in [5.74, 6) is 2.47. The van der Waals surface area contributed by atoms with Crippen molar-refractivity contribution in [3.05, 3.63) is 40.7 Å². The van der Waals surface area contributed by atoms with Crippen LogP contribution in [0.5, 0.6) is 0 Å². The van der Waals surface area contributed by atoms with Crippen LogP contribution in [0.25, 0.3) is 0 Å². The van der Waals surface area contributed by atoms with Gasteiger partial charge in [0.25, 0.3) is 0 Å². The standard InChI is InChI=1S/C18H24N6O/c1-11-4-14-8-24(9-15(14)7-19-11)10-17-21-22-18(23(17)3)13-5-16(6-13)20-12(2)25/h4,7,13,16H,5-6,8-10H2,1-3H3,(H,20,25). The van der Waals surface area contributed by atoms with E-state index < -0.39 is 0 Å². The smallest absolute Gasteiger partial charge is 0.217 e. The van der Waals surface area contributed by atoms with Crippen LogP contribution >= 0.6 is 0 Å². The van der Waals surface area contributed by atoms with Gasteiger partial charge in [0.05, 0.1) is 6.54 Å². The second-order valence-electron chi connectivity index (χ2n) is 7.34. The van der Waals surface area contributed by atoms with Crippen molar-refractivity contribution in [3.63, 3.8) is 0 Å². The van der Waals surface area contributed by atoms with Crippen LogP contribution < -0.4 is 5.32 Å². The Balaban J connectivity index is 1.39. The number of hydrogen-bond acceptors (Lipinski definition) is 5. The maximum Gasteiger partial charge on any atom is 0.217 e. The molecule has 0 aromatic carbocycles. The van der Waals surface area contributed by atoms with E-state index in [0.29, 0.717) is 5.92 Å². The molecule has 0 unspecified atom stereocenters. The zero-order valence-electron chi connectivity index (χ0n) is 15.0. The lowest BCUT2D eigenvalue weighted by Crippen LogP contribution is -2.43. The van der Waals surface area contributed by atoms with Gasteiger partial charge >= 0.3 is 0 Å². The summed E-state index contributed by atoms with van der Waals surface area (Å²) in [4.78, 5) is 17.9. The minimum atomic E-state index is 0.0421. The number of carbonyl (C=O) groups is 1. The minimum Gasteiger partial charge on any atom is -0.354 e. The molecule has 1 N–H and O–H groups in total. The summed E-state index contributed by atoms with van der Waals surface area (Å²) in [6.07, 6.45) is 3.89. The average molecular weight is 340 g/mol. The molecule has 4 rings (SSSR count). The van der Waals surface area contributed by atoms with Crippen molar-refractivity contribution in [2.45, 2.75) is 58.3 Å². The van der Waals surface area contributed by atoms with Crippen LogP contribution in [-0.2, 0) is 31.5 Å². The topological polar surface area (TPSA) is 75.9 Å². The van der Waals surface area contributed by atoms with E-state index in [1.54, 1.807) is 6.92 Å². The van der Waals surface area contributed by atoms with Crippen molar-refractivity contribution < 1.29 is 4.79 Å². The van der Waals surface area contributed by atoms with Crippen LogP contribution in [0.3, 0.4) is 0 Å². The third-order valence-corrected chi connectivity index (χ3v) is 5.28. The molecule has 1 fully saturated rings. The SMILES string of the molecule is CC(=O)NC1CC(c2nnc(CN3Cc4cnc(C)cc4C3)n2C)C1. The van der Waals surface area contributed by atoms with E-state index in [-0.39, 0.29) is 11.9 Å². The predicted octanol–water partition coefficient (Wildman–Crippen LogP) is 1.42.